The summed E-state index contributed by atoms with van der Waals surface area (Å²) in [4.78, 5) is 14.0. The van der Waals surface area contributed by atoms with Gasteiger partial charge in [0, 0.05) is 31.0 Å². The van der Waals surface area contributed by atoms with E-state index < -0.39 is 0 Å². The Morgan fingerprint density at radius 2 is 1.72 bits per heavy atom. The largest absolute Gasteiger partial charge is 0.378 e. The van der Waals surface area contributed by atoms with Crippen molar-refractivity contribution in [3.05, 3.63) is 66.4 Å². The molecular weight excluding hydrogens is 362 g/mol. The van der Waals surface area contributed by atoms with E-state index in [-0.39, 0.29) is 0 Å². The van der Waals surface area contributed by atoms with Gasteiger partial charge in [0.25, 0.3) is 0 Å². The Bertz CT molecular complexity index is 1000. The Morgan fingerprint density at radius 1 is 0.966 bits per heavy atom. The molecule has 2 aromatic carbocycles. The first-order valence-electron chi connectivity index (χ1n) is 10.2. The number of ether oxygens (including phenoxy) is 1. The summed E-state index contributed by atoms with van der Waals surface area (Å²) in [5.41, 5.74) is 4.77. The second-order valence-electron chi connectivity index (χ2n) is 7.54. The highest BCUT2D eigenvalue weighted by molar-refractivity contribution is 5.75. The molecule has 6 heteroatoms. The Morgan fingerprint density at radius 3 is 2.59 bits per heavy atom. The highest BCUT2D eigenvalue weighted by atomic mass is 16.5. The van der Waals surface area contributed by atoms with E-state index in [0.29, 0.717) is 6.04 Å². The van der Waals surface area contributed by atoms with Gasteiger partial charge in [0.2, 0.25) is 5.95 Å². The molecule has 1 fully saturated rings. The third kappa shape index (κ3) is 3.51. The van der Waals surface area contributed by atoms with Crippen molar-refractivity contribution in [2.45, 2.75) is 19.4 Å². The van der Waals surface area contributed by atoms with Crippen molar-refractivity contribution in [2.24, 2.45) is 0 Å². The molecule has 0 amide bonds. The molecule has 3 heterocycles. The lowest BCUT2D eigenvalue weighted by Crippen LogP contribution is -2.36. The number of rotatable bonds is 4. The monoisotopic (exact) mass is 387 g/mol. The Balaban J connectivity index is 1.43. The third-order valence-corrected chi connectivity index (χ3v) is 5.58. The molecule has 148 valence electrons. The van der Waals surface area contributed by atoms with Crippen LogP contribution in [0.3, 0.4) is 0 Å². The number of aromatic nitrogens is 2. The molecule has 6 nitrogen and oxygen atoms in total. The number of anilines is 5. The molecule has 29 heavy (non-hydrogen) atoms. The minimum atomic E-state index is 0.336. The van der Waals surface area contributed by atoms with Crippen LogP contribution in [-0.2, 0) is 11.2 Å². The van der Waals surface area contributed by atoms with E-state index in [9.17, 15) is 0 Å². The van der Waals surface area contributed by atoms with Crippen molar-refractivity contribution in [1.29, 1.82) is 0 Å². The first kappa shape index (κ1) is 17.9. The second kappa shape index (κ2) is 7.72. The molecule has 1 aromatic heterocycles. The van der Waals surface area contributed by atoms with E-state index in [2.05, 4.69) is 69.5 Å². The van der Waals surface area contributed by atoms with Gasteiger partial charge < -0.3 is 19.9 Å². The van der Waals surface area contributed by atoms with Crippen molar-refractivity contribution in [3.8, 4) is 0 Å². The van der Waals surface area contributed by atoms with Gasteiger partial charge >= 0.3 is 0 Å². The van der Waals surface area contributed by atoms with Crippen LogP contribution in [0.5, 0.6) is 0 Å². The molecule has 1 unspecified atom stereocenters. The van der Waals surface area contributed by atoms with Crippen molar-refractivity contribution < 1.29 is 4.74 Å². The fourth-order valence-corrected chi connectivity index (χ4v) is 4.20. The summed E-state index contributed by atoms with van der Waals surface area (Å²) in [7, 11) is 0. The molecule has 1 saturated heterocycles. The van der Waals surface area contributed by atoms with Crippen LogP contribution in [-0.4, -0.2) is 42.3 Å². The maximum atomic E-state index is 5.50. The van der Waals surface area contributed by atoms with E-state index in [1.165, 1.54) is 16.9 Å². The molecule has 1 atom stereocenters. The fourth-order valence-electron chi connectivity index (χ4n) is 4.20. The minimum Gasteiger partial charge on any atom is -0.378 e. The molecule has 0 saturated carbocycles. The Kier molecular flexibility index (Phi) is 4.77. The molecule has 2 aliphatic heterocycles. The standard InChI is InChI=1S/C23H25N5O/c1-17-16-18-6-2-4-8-20(18)28(17)23-24-11-10-22(26-23)25-19-7-3-5-9-21(19)27-12-14-29-15-13-27/h2-11,17H,12-16H2,1H3,(H,24,25,26). The van der Waals surface area contributed by atoms with Gasteiger partial charge in [0.1, 0.15) is 5.82 Å². The zero-order valence-electron chi connectivity index (χ0n) is 16.6. The van der Waals surface area contributed by atoms with Crippen LogP contribution >= 0.6 is 0 Å². The lowest BCUT2D eigenvalue weighted by Gasteiger charge is -2.30. The second-order valence-corrected chi connectivity index (χ2v) is 7.54. The van der Waals surface area contributed by atoms with Crippen molar-refractivity contribution >= 4 is 28.8 Å². The summed E-state index contributed by atoms with van der Waals surface area (Å²) in [5.74, 6) is 1.53. The van der Waals surface area contributed by atoms with E-state index in [4.69, 9.17) is 9.72 Å². The van der Waals surface area contributed by atoms with Gasteiger partial charge in [0.05, 0.1) is 24.6 Å². The number of fused-ring (bicyclic) bond motifs is 1. The first-order chi connectivity index (χ1) is 14.3. The van der Waals surface area contributed by atoms with Crippen LogP contribution in [0.15, 0.2) is 60.8 Å². The summed E-state index contributed by atoms with van der Waals surface area (Å²) in [6, 6.07) is 19.1. The van der Waals surface area contributed by atoms with Gasteiger partial charge in [-0.2, -0.15) is 4.98 Å². The van der Waals surface area contributed by atoms with Gasteiger partial charge in [-0.1, -0.05) is 30.3 Å². The van der Waals surface area contributed by atoms with Gasteiger partial charge in [-0.15, -0.1) is 0 Å². The highest BCUT2D eigenvalue weighted by Gasteiger charge is 2.28. The van der Waals surface area contributed by atoms with E-state index in [1.54, 1.807) is 0 Å². The van der Waals surface area contributed by atoms with Crippen molar-refractivity contribution in [1.82, 2.24) is 9.97 Å². The molecule has 0 radical (unpaired) electrons. The Labute approximate surface area is 171 Å². The zero-order valence-corrected chi connectivity index (χ0v) is 16.6. The van der Waals surface area contributed by atoms with Crippen LogP contribution in [0.2, 0.25) is 0 Å². The zero-order chi connectivity index (χ0) is 19.6. The number of hydrogen-bond acceptors (Lipinski definition) is 6. The molecule has 0 aliphatic carbocycles. The first-order valence-corrected chi connectivity index (χ1v) is 10.2. The van der Waals surface area contributed by atoms with Gasteiger partial charge in [0.15, 0.2) is 0 Å². The van der Waals surface area contributed by atoms with E-state index in [0.717, 1.165) is 50.2 Å². The van der Waals surface area contributed by atoms with Crippen molar-refractivity contribution in [2.75, 3.05) is 41.4 Å². The smallest absolute Gasteiger partial charge is 0.232 e. The number of nitrogens with one attached hydrogen (secondary N) is 1. The topological polar surface area (TPSA) is 53.5 Å². The number of para-hydroxylation sites is 3. The molecule has 0 spiro atoms. The highest BCUT2D eigenvalue weighted by Crippen LogP contribution is 2.37. The quantitative estimate of drug-likeness (QED) is 0.726. The summed E-state index contributed by atoms with van der Waals surface area (Å²) in [5, 5.41) is 3.51. The lowest BCUT2D eigenvalue weighted by atomic mass is 10.1. The predicted octanol–water partition coefficient (Wildman–Crippen LogP) is 4.14. The van der Waals surface area contributed by atoms with Gasteiger partial charge in [-0.25, -0.2) is 4.98 Å². The summed E-state index contributed by atoms with van der Waals surface area (Å²) < 4.78 is 5.50. The molecule has 5 rings (SSSR count). The average Bonchev–Trinajstić information content (AvgIpc) is 3.11. The van der Waals surface area contributed by atoms with E-state index >= 15 is 0 Å². The summed E-state index contributed by atoms with van der Waals surface area (Å²) in [6.07, 6.45) is 2.84. The lowest BCUT2D eigenvalue weighted by molar-refractivity contribution is 0.123. The average molecular weight is 387 g/mol. The SMILES string of the molecule is CC1Cc2ccccc2N1c1nccc(Nc2ccccc2N2CCOCC2)n1. The van der Waals surface area contributed by atoms with Crippen LogP contribution in [0, 0.1) is 0 Å². The van der Waals surface area contributed by atoms with Crippen LogP contribution < -0.4 is 15.1 Å². The van der Waals surface area contributed by atoms with Crippen molar-refractivity contribution in [3.63, 3.8) is 0 Å². The van der Waals surface area contributed by atoms with Crippen LogP contribution in [0.25, 0.3) is 0 Å². The molecular formula is C23H25N5O. The molecule has 0 bridgehead atoms. The fraction of sp³-hybridized carbons (Fsp3) is 0.304. The number of hydrogen-bond donors (Lipinski definition) is 1. The summed E-state index contributed by atoms with van der Waals surface area (Å²) in [6.45, 7) is 5.54. The predicted molar refractivity (Wildman–Crippen MR) is 117 cm³/mol. The number of benzene rings is 2. The summed E-state index contributed by atoms with van der Waals surface area (Å²) >= 11 is 0. The molecule has 1 N–H and O–H groups in total. The van der Waals surface area contributed by atoms with E-state index in [1.807, 2.05) is 18.3 Å². The van der Waals surface area contributed by atoms with Gasteiger partial charge in [-0.3, -0.25) is 0 Å². The van der Waals surface area contributed by atoms with Crippen LogP contribution in [0.4, 0.5) is 28.8 Å². The minimum absolute atomic E-state index is 0.336. The molecule has 2 aliphatic rings. The normalized spacial score (nSPS) is 18.6. The molecule has 3 aromatic rings. The maximum absolute atomic E-state index is 5.50. The number of morpholine rings is 1. The maximum Gasteiger partial charge on any atom is 0.232 e. The van der Waals surface area contributed by atoms with Gasteiger partial charge in [-0.05, 0) is 43.2 Å². The Hall–Kier alpha value is -3.12. The third-order valence-electron chi connectivity index (χ3n) is 5.58. The van der Waals surface area contributed by atoms with Crippen LogP contribution in [0.1, 0.15) is 12.5 Å². The number of nitrogens with zero attached hydrogens (tertiary/aromatic N) is 4.